The number of carbonyl (C=O) groups is 11. The topological polar surface area (TPSA) is 316 Å². The number of hydrogen-bond donors (Lipinski definition) is 8. The number of ketones is 2. The summed E-state index contributed by atoms with van der Waals surface area (Å²) in [7, 11) is 0. The average Bonchev–Trinajstić information content (AvgIpc) is 1.55. The van der Waals surface area contributed by atoms with Gasteiger partial charge < -0.3 is 57.4 Å². The van der Waals surface area contributed by atoms with E-state index in [-0.39, 0.29) is 89.1 Å². The molecular weight excluding hydrogens is 1090 g/mol. The third-order valence-corrected chi connectivity index (χ3v) is 19.1. The highest BCUT2D eigenvalue weighted by Crippen LogP contribution is 2.66. The van der Waals surface area contributed by atoms with Crippen molar-refractivity contribution in [2.45, 2.75) is 226 Å². The lowest BCUT2D eigenvalue weighted by atomic mass is 9.86. The van der Waals surface area contributed by atoms with Crippen LogP contribution >= 0.6 is 0 Å². The van der Waals surface area contributed by atoms with Gasteiger partial charge in [-0.3, -0.25) is 47.9 Å². The summed E-state index contributed by atoms with van der Waals surface area (Å²) in [5.74, 6) is -3.72. The molecule has 2 aliphatic carbocycles. The molecule has 0 aromatic rings. The van der Waals surface area contributed by atoms with Crippen LogP contribution in [0, 0.1) is 39.9 Å². The SMILES string of the molecule is C=CCNC(=O)C(=O)[C@@H]1CCCCCCCCC[C@H](N)C(=O)N2C[C@H]3[C@@H]([C@H]2C(=O)N1)C3(C)C.C=CCNC(=O)C(=O)[C@@H]1CCCCCCCCC[C@H](NC(=O)N[C@H](CN2CCCCC2=O)C(C)(C)C)C(=O)N2C[C@H]3[C@@H]([C@H]2C(=O)N1)C3(C)C.O=CO. The average molecular weight is 1190 g/mol. The number of urea groups is 1. The number of carboxylic acid groups (broad SMARTS) is 1. The molecule has 0 radical (unpaired) electrons. The number of amides is 9. The monoisotopic (exact) mass is 1190 g/mol. The maximum absolute atomic E-state index is 14.4. The minimum atomic E-state index is -0.996. The summed E-state index contributed by atoms with van der Waals surface area (Å²) in [6, 6.07) is -5.63. The van der Waals surface area contributed by atoms with Gasteiger partial charge in [-0.1, -0.05) is 151 Å². The number of fused-ring (bicyclic) bond motifs is 6. The standard InChI is InChI=1S/C37H60N6O6.C25H40N4O4.CH2O2/c1-7-20-38-33(47)31(45)25-17-13-11-9-8-10-12-14-18-26(34(48)43-22-24-29(37(24,5)6)30(43)32(46)39-25)40-35(49)41-27(36(2,3)4)23-42-21-16-15-19-28(42)44;1-4-14-27-23(32)21(30)18-13-11-9-7-5-6-8-10-12-17(26)24(33)29-15-16-19(25(16,2)3)20(29)22(31)28-18;2-1-3/h7,24-27,29-30H,1,8-23H2,2-6H3,(H,38,47)(H,39,46)(H2,40,41,49);4,16-20H,1,5-15,26H2,2-3H3,(H,27,32)(H,28,31);1H,(H,2,3)/t24-,25-,26-,27+,29-,30-;16-,17-,18-,19-,20-;/m00./s1. The molecule has 9 N–H and O–H groups in total. The van der Waals surface area contributed by atoms with Gasteiger partial charge in [0.15, 0.2) is 0 Å². The zero-order valence-electron chi connectivity index (χ0n) is 51.9. The van der Waals surface area contributed by atoms with Crippen LogP contribution < -0.4 is 37.6 Å². The Labute approximate surface area is 503 Å². The van der Waals surface area contributed by atoms with Gasteiger partial charge in [0.1, 0.15) is 18.1 Å². The molecule has 0 aromatic heterocycles. The van der Waals surface area contributed by atoms with Crippen molar-refractivity contribution < 1.29 is 57.8 Å². The van der Waals surface area contributed by atoms with Gasteiger partial charge in [0.25, 0.3) is 18.3 Å². The second-order valence-corrected chi connectivity index (χ2v) is 26.8. The lowest BCUT2D eigenvalue weighted by Gasteiger charge is -2.38. The van der Waals surface area contributed by atoms with Crippen molar-refractivity contribution in [2.75, 3.05) is 39.3 Å². The molecular formula is C63H102N10O12. The fraction of sp³-hybridized carbons (Fsp3) is 0.762. The van der Waals surface area contributed by atoms with Gasteiger partial charge in [-0.15, -0.1) is 13.2 Å². The Balaban J connectivity index is 0.000000318. The van der Waals surface area contributed by atoms with Crippen molar-refractivity contribution in [1.29, 1.82) is 0 Å². The summed E-state index contributed by atoms with van der Waals surface area (Å²) in [5.41, 5.74) is 5.69. The van der Waals surface area contributed by atoms with Gasteiger partial charge in [-0.05, 0) is 78.4 Å². The predicted molar refractivity (Wildman–Crippen MR) is 322 cm³/mol. The van der Waals surface area contributed by atoms with E-state index in [1.54, 1.807) is 9.80 Å². The summed E-state index contributed by atoms with van der Waals surface area (Å²) in [4.78, 5) is 146. The van der Waals surface area contributed by atoms with Crippen molar-refractivity contribution in [3.8, 4) is 0 Å². The molecule has 2 saturated carbocycles. The van der Waals surface area contributed by atoms with Crippen LogP contribution in [0.3, 0.4) is 0 Å². The lowest BCUT2D eigenvalue weighted by Crippen LogP contribution is -2.60. The third kappa shape index (κ3) is 18.7. The van der Waals surface area contributed by atoms with Crippen molar-refractivity contribution in [1.82, 2.24) is 46.6 Å². The molecule has 11 atom stereocenters. The molecule has 7 rings (SSSR count). The van der Waals surface area contributed by atoms with Gasteiger partial charge in [0.05, 0.1) is 24.2 Å². The Bertz CT molecular complexity index is 2410. The number of carbonyl (C=O) groups excluding carboxylic acids is 10. The Hall–Kier alpha value is -6.19. The van der Waals surface area contributed by atoms with E-state index in [0.29, 0.717) is 64.7 Å². The van der Waals surface area contributed by atoms with E-state index in [4.69, 9.17) is 15.6 Å². The van der Waals surface area contributed by atoms with Crippen LogP contribution in [-0.4, -0.2) is 167 Å². The lowest BCUT2D eigenvalue weighted by molar-refractivity contribution is -0.144. The molecule has 22 heteroatoms. The van der Waals surface area contributed by atoms with Gasteiger partial charge in [0, 0.05) is 45.7 Å². The summed E-state index contributed by atoms with van der Waals surface area (Å²) in [6.45, 7) is 23.6. The smallest absolute Gasteiger partial charge is 0.315 e. The minimum Gasteiger partial charge on any atom is -0.483 e. The first kappa shape index (κ1) is 69.6. The molecule has 0 bridgehead atoms. The first-order valence-corrected chi connectivity index (χ1v) is 31.5. The summed E-state index contributed by atoms with van der Waals surface area (Å²) in [6.07, 6.45) is 20.1. The quantitative estimate of drug-likeness (QED) is 0.0739. The van der Waals surface area contributed by atoms with Crippen molar-refractivity contribution in [3.63, 3.8) is 0 Å². The van der Waals surface area contributed by atoms with E-state index in [2.05, 4.69) is 72.8 Å². The predicted octanol–water partition coefficient (Wildman–Crippen LogP) is 4.82. The number of Topliss-reactive ketones (excluding diaryl/α,β-unsaturated/α-hetero) is 2. The van der Waals surface area contributed by atoms with Crippen LogP contribution in [0.2, 0.25) is 0 Å². The van der Waals surface area contributed by atoms with Gasteiger partial charge in [0.2, 0.25) is 41.1 Å². The highest BCUT2D eigenvalue weighted by molar-refractivity contribution is 6.39. The maximum Gasteiger partial charge on any atom is 0.315 e. The number of hydrogen-bond acceptors (Lipinski definition) is 12. The molecule has 7 fully saturated rings. The zero-order valence-corrected chi connectivity index (χ0v) is 51.9. The van der Waals surface area contributed by atoms with Gasteiger partial charge in [-0.2, -0.15) is 0 Å². The molecule has 5 aliphatic heterocycles. The van der Waals surface area contributed by atoms with Gasteiger partial charge >= 0.3 is 6.03 Å². The van der Waals surface area contributed by atoms with Crippen molar-refractivity contribution >= 4 is 65.4 Å². The van der Waals surface area contributed by atoms with Crippen LogP contribution in [0.5, 0.6) is 0 Å². The van der Waals surface area contributed by atoms with Gasteiger partial charge in [-0.25, -0.2) is 4.79 Å². The van der Waals surface area contributed by atoms with E-state index in [0.717, 1.165) is 96.3 Å². The largest absolute Gasteiger partial charge is 0.483 e. The Kier molecular flexibility index (Phi) is 26.2. The molecule has 9 amide bonds. The second-order valence-electron chi connectivity index (χ2n) is 26.8. The third-order valence-electron chi connectivity index (χ3n) is 19.1. The maximum atomic E-state index is 14.4. The van der Waals surface area contributed by atoms with E-state index >= 15 is 0 Å². The fourth-order valence-electron chi connectivity index (χ4n) is 13.6. The molecule has 5 heterocycles. The highest BCUT2D eigenvalue weighted by atomic mass is 16.3. The number of piperidine rings is 3. The second kappa shape index (κ2) is 32.0. The van der Waals surface area contributed by atoms with Crippen LogP contribution in [0.25, 0.3) is 0 Å². The van der Waals surface area contributed by atoms with Crippen LogP contribution in [0.15, 0.2) is 25.3 Å². The van der Waals surface area contributed by atoms with Crippen LogP contribution in [-0.2, 0) is 47.9 Å². The molecule has 7 aliphatic rings. The molecule has 476 valence electrons. The molecule has 85 heavy (non-hydrogen) atoms. The minimum absolute atomic E-state index is 0.0371. The normalized spacial score (nSPS) is 29.5. The summed E-state index contributed by atoms with van der Waals surface area (Å²) in [5, 5.41) is 23.7. The number of nitrogens with two attached hydrogens (primary N) is 1. The Morgan fingerprint density at radius 1 is 0.647 bits per heavy atom. The van der Waals surface area contributed by atoms with E-state index in [1.165, 1.54) is 12.2 Å². The van der Waals surface area contributed by atoms with Crippen molar-refractivity contribution in [3.05, 3.63) is 25.3 Å². The Morgan fingerprint density at radius 3 is 1.48 bits per heavy atom. The number of likely N-dealkylation sites (tertiary alicyclic amines) is 1. The van der Waals surface area contributed by atoms with Crippen molar-refractivity contribution in [2.24, 2.45) is 45.7 Å². The number of nitrogens with one attached hydrogen (secondary N) is 6. The van der Waals surface area contributed by atoms with E-state index in [9.17, 15) is 47.9 Å². The van der Waals surface area contributed by atoms with E-state index < -0.39 is 71.6 Å². The van der Waals surface area contributed by atoms with E-state index in [1.807, 2.05) is 25.7 Å². The number of rotatable bonds is 12. The summed E-state index contributed by atoms with van der Waals surface area (Å²) < 4.78 is 0. The highest BCUT2D eigenvalue weighted by Gasteiger charge is 2.71. The first-order valence-electron chi connectivity index (χ1n) is 31.5. The fourth-order valence-corrected chi connectivity index (χ4v) is 13.6. The van der Waals surface area contributed by atoms with Crippen LogP contribution in [0.4, 0.5) is 4.79 Å². The van der Waals surface area contributed by atoms with Crippen LogP contribution in [0.1, 0.15) is 183 Å². The number of nitrogens with zero attached hydrogens (tertiary/aromatic N) is 3. The molecule has 5 saturated heterocycles. The Morgan fingerprint density at radius 2 is 1.06 bits per heavy atom. The zero-order chi connectivity index (χ0) is 62.8. The molecule has 0 unspecified atom stereocenters. The molecule has 0 aromatic carbocycles. The summed E-state index contributed by atoms with van der Waals surface area (Å²) >= 11 is 0. The molecule has 22 nitrogen and oxygen atoms in total. The molecule has 0 spiro atoms. The first-order chi connectivity index (χ1) is 40.3.